The standard InChI is InChI=1S/C27H42ClF2Si/c1-2-3-6-17-31-18-15-22(16-19-31)8-5-4-7-21-9-11-23(12-10-21)25-14-13-24(28)20-26(25)27(29)30/h13-14,20-23,27H,2-12,15-19H2,1H3. The van der Waals surface area contributed by atoms with Gasteiger partial charge in [0.2, 0.25) is 0 Å². The molecule has 0 amide bonds. The van der Waals surface area contributed by atoms with E-state index >= 15 is 0 Å². The third-order valence-corrected chi connectivity index (χ3v) is 11.3. The van der Waals surface area contributed by atoms with Crippen LogP contribution >= 0.6 is 11.6 Å². The highest BCUT2D eigenvalue weighted by atomic mass is 35.5. The first kappa shape index (κ1) is 25.2. The van der Waals surface area contributed by atoms with Gasteiger partial charge in [-0.05, 0) is 61.1 Å². The van der Waals surface area contributed by atoms with Crippen LogP contribution in [-0.2, 0) is 0 Å². The van der Waals surface area contributed by atoms with Crippen molar-refractivity contribution in [1.82, 2.24) is 0 Å². The van der Waals surface area contributed by atoms with E-state index in [0.29, 0.717) is 5.02 Å². The van der Waals surface area contributed by atoms with Gasteiger partial charge in [0.1, 0.15) is 0 Å². The smallest absolute Gasteiger partial charge is 0.205 e. The number of hydrogen-bond acceptors (Lipinski definition) is 0. The molecule has 2 aliphatic rings. The van der Waals surface area contributed by atoms with Crippen LogP contribution in [0.1, 0.15) is 114 Å². The average Bonchev–Trinajstić information content (AvgIpc) is 2.78. The van der Waals surface area contributed by atoms with Gasteiger partial charge in [-0.25, -0.2) is 8.78 Å². The summed E-state index contributed by atoms with van der Waals surface area (Å²) in [4.78, 5) is 0. The highest BCUT2D eigenvalue weighted by Crippen LogP contribution is 2.41. The summed E-state index contributed by atoms with van der Waals surface area (Å²) < 4.78 is 26.9. The Bertz CT molecular complexity index is 634. The molecule has 0 unspecified atom stereocenters. The lowest BCUT2D eigenvalue weighted by Gasteiger charge is -2.30. The molecule has 3 rings (SSSR count). The zero-order valence-corrected chi connectivity index (χ0v) is 21.2. The third kappa shape index (κ3) is 8.14. The van der Waals surface area contributed by atoms with E-state index in [-0.39, 0.29) is 20.3 Å². The van der Waals surface area contributed by atoms with E-state index in [9.17, 15) is 8.78 Å². The minimum Gasteiger partial charge on any atom is -0.205 e. The predicted molar refractivity (Wildman–Crippen MR) is 132 cm³/mol. The monoisotopic (exact) mass is 467 g/mol. The van der Waals surface area contributed by atoms with Gasteiger partial charge in [0.05, 0.1) is 0 Å². The fraction of sp³-hybridized carbons (Fsp3) is 0.778. The Kier molecular flexibility index (Phi) is 10.8. The van der Waals surface area contributed by atoms with Crippen molar-refractivity contribution in [1.29, 1.82) is 0 Å². The average molecular weight is 468 g/mol. The summed E-state index contributed by atoms with van der Waals surface area (Å²) in [6.45, 7) is 2.31. The van der Waals surface area contributed by atoms with Crippen molar-refractivity contribution in [3.05, 3.63) is 34.3 Å². The Morgan fingerprint density at radius 2 is 1.55 bits per heavy atom. The first-order chi connectivity index (χ1) is 15.1. The van der Waals surface area contributed by atoms with E-state index in [4.69, 9.17) is 11.6 Å². The Morgan fingerprint density at radius 3 is 2.16 bits per heavy atom. The lowest BCUT2D eigenvalue weighted by Crippen LogP contribution is -2.21. The molecule has 0 spiro atoms. The molecule has 0 N–H and O–H groups in total. The largest absolute Gasteiger partial charge is 0.264 e. The minimum atomic E-state index is -2.43. The summed E-state index contributed by atoms with van der Waals surface area (Å²) in [7, 11) is 0.00727. The minimum absolute atomic E-state index is 0.00727. The molecule has 1 aromatic carbocycles. The Morgan fingerprint density at radius 1 is 0.903 bits per heavy atom. The van der Waals surface area contributed by atoms with Crippen molar-refractivity contribution in [2.45, 2.75) is 121 Å². The second kappa shape index (κ2) is 13.3. The van der Waals surface area contributed by atoms with Gasteiger partial charge in [0.25, 0.3) is 6.43 Å². The molecule has 2 fully saturated rings. The summed E-state index contributed by atoms with van der Waals surface area (Å²) in [5.41, 5.74) is 0.990. The first-order valence-corrected chi connectivity index (χ1v) is 15.5. The van der Waals surface area contributed by atoms with E-state index in [1.54, 1.807) is 24.2 Å². The van der Waals surface area contributed by atoms with Crippen LogP contribution in [0, 0.1) is 11.8 Å². The quantitative estimate of drug-likeness (QED) is 0.224. The summed E-state index contributed by atoms with van der Waals surface area (Å²) in [5, 5.41) is 0.416. The van der Waals surface area contributed by atoms with Crippen LogP contribution in [0.15, 0.2) is 18.2 Å². The van der Waals surface area contributed by atoms with E-state index in [1.807, 2.05) is 6.07 Å². The van der Waals surface area contributed by atoms with Crippen LogP contribution in [0.25, 0.3) is 0 Å². The van der Waals surface area contributed by atoms with Crippen LogP contribution in [0.5, 0.6) is 0 Å². The molecule has 4 heteroatoms. The highest BCUT2D eigenvalue weighted by molar-refractivity contribution is 6.58. The molecule has 1 aromatic rings. The molecule has 1 saturated heterocycles. The molecule has 1 saturated carbocycles. The lowest BCUT2D eigenvalue weighted by atomic mass is 9.76. The fourth-order valence-electron chi connectivity index (χ4n) is 5.98. The molecule has 0 nitrogen and oxygen atoms in total. The zero-order valence-electron chi connectivity index (χ0n) is 19.5. The number of hydrogen-bond donors (Lipinski definition) is 0. The van der Waals surface area contributed by atoms with Gasteiger partial charge in [-0.3, -0.25) is 0 Å². The lowest BCUT2D eigenvalue weighted by molar-refractivity contribution is 0.148. The third-order valence-electron chi connectivity index (χ3n) is 7.99. The maximum atomic E-state index is 13.4. The maximum Gasteiger partial charge on any atom is 0.264 e. The van der Waals surface area contributed by atoms with Crippen molar-refractivity contribution in [2.24, 2.45) is 11.8 Å². The SMILES string of the molecule is CCCCC[Si]1CCC(CCCCC2CCC(c3ccc(Cl)cc3C(F)F)CC2)CC1. The van der Waals surface area contributed by atoms with E-state index in [0.717, 1.165) is 30.2 Å². The van der Waals surface area contributed by atoms with Crippen LogP contribution in [0.3, 0.4) is 0 Å². The van der Waals surface area contributed by atoms with Gasteiger partial charge >= 0.3 is 0 Å². The molecule has 1 heterocycles. The van der Waals surface area contributed by atoms with Crippen LogP contribution in [-0.4, -0.2) is 8.80 Å². The summed E-state index contributed by atoms with van der Waals surface area (Å²) in [5.74, 6) is 2.10. The number of alkyl halides is 2. The van der Waals surface area contributed by atoms with Crippen molar-refractivity contribution < 1.29 is 8.78 Å². The Hall–Kier alpha value is -0.413. The first-order valence-electron chi connectivity index (χ1n) is 13.0. The van der Waals surface area contributed by atoms with Gasteiger partial charge in [-0.2, -0.15) is 0 Å². The van der Waals surface area contributed by atoms with Crippen molar-refractivity contribution in [3.8, 4) is 0 Å². The fourth-order valence-corrected chi connectivity index (χ4v) is 9.30. The molecule has 0 atom stereocenters. The Balaban J connectivity index is 1.30. The second-order valence-electron chi connectivity index (χ2n) is 10.2. The van der Waals surface area contributed by atoms with Crippen molar-refractivity contribution in [2.75, 3.05) is 0 Å². The summed E-state index contributed by atoms with van der Waals surface area (Å²) in [6, 6.07) is 9.81. The molecule has 0 bridgehead atoms. The van der Waals surface area contributed by atoms with Crippen LogP contribution in [0.4, 0.5) is 8.78 Å². The number of halogens is 3. The molecule has 0 aromatic heterocycles. The molecule has 1 aliphatic heterocycles. The van der Waals surface area contributed by atoms with E-state index in [1.165, 1.54) is 76.7 Å². The van der Waals surface area contributed by atoms with Crippen LogP contribution in [0.2, 0.25) is 23.2 Å². The normalized spacial score (nSPS) is 23.5. The zero-order chi connectivity index (χ0) is 22.1. The second-order valence-corrected chi connectivity index (χ2v) is 13.7. The topological polar surface area (TPSA) is 0 Å². The van der Waals surface area contributed by atoms with E-state index < -0.39 is 6.43 Å². The Labute approximate surface area is 196 Å². The van der Waals surface area contributed by atoms with Crippen molar-refractivity contribution in [3.63, 3.8) is 0 Å². The molecule has 31 heavy (non-hydrogen) atoms. The summed E-state index contributed by atoms with van der Waals surface area (Å²) in [6.07, 6.45) is 14.9. The van der Waals surface area contributed by atoms with Gasteiger partial charge in [0, 0.05) is 19.4 Å². The van der Waals surface area contributed by atoms with Crippen LogP contribution < -0.4 is 0 Å². The van der Waals surface area contributed by atoms with Gasteiger partial charge in [-0.15, -0.1) is 0 Å². The maximum absolute atomic E-state index is 13.4. The van der Waals surface area contributed by atoms with Gasteiger partial charge < -0.3 is 0 Å². The molecule has 1 radical (unpaired) electrons. The predicted octanol–water partition coefficient (Wildman–Crippen LogP) is 10.2. The molecular weight excluding hydrogens is 426 g/mol. The highest BCUT2D eigenvalue weighted by Gasteiger charge is 2.26. The van der Waals surface area contributed by atoms with E-state index in [2.05, 4.69) is 6.92 Å². The number of unbranched alkanes of at least 4 members (excludes halogenated alkanes) is 3. The molecule has 1 aliphatic carbocycles. The van der Waals surface area contributed by atoms with Gasteiger partial charge in [0.15, 0.2) is 0 Å². The number of benzene rings is 1. The number of rotatable bonds is 11. The summed E-state index contributed by atoms with van der Waals surface area (Å²) >= 11 is 5.95. The van der Waals surface area contributed by atoms with Crippen molar-refractivity contribution >= 4 is 20.4 Å². The molecule has 175 valence electrons. The molecular formula is C27H42ClF2Si. The van der Waals surface area contributed by atoms with Gasteiger partial charge in [-0.1, -0.05) is 101 Å².